The van der Waals surface area contributed by atoms with Gasteiger partial charge in [-0.05, 0) is 101 Å². The minimum absolute atomic E-state index is 0.00742. The van der Waals surface area contributed by atoms with Crippen molar-refractivity contribution in [2.45, 2.75) is 216 Å². The number of methoxy groups -OCH3 is 1. The van der Waals surface area contributed by atoms with Crippen molar-refractivity contribution in [2.75, 3.05) is 48.0 Å². The highest BCUT2D eigenvalue weighted by molar-refractivity contribution is 5.56. The molecule has 0 aromatic heterocycles. The first-order chi connectivity index (χ1) is 28.6. The van der Waals surface area contributed by atoms with Gasteiger partial charge in [0.05, 0.1) is 48.8 Å². The Bertz CT molecular complexity index is 1010. The molecule has 0 aliphatic carbocycles. The zero-order valence-corrected chi connectivity index (χ0v) is 42.6. The van der Waals surface area contributed by atoms with E-state index in [0.29, 0.717) is 31.8 Å². The highest BCUT2D eigenvalue weighted by Crippen LogP contribution is 2.35. The third kappa shape index (κ3) is 29.4. The molecule has 14 heteroatoms. The first-order valence-corrected chi connectivity index (χ1v) is 22.7. The Morgan fingerprint density at radius 2 is 1.48 bits per heavy atom. The van der Waals surface area contributed by atoms with Crippen molar-refractivity contribution in [3.8, 4) is 0 Å². The molecule has 2 heterocycles. The molecule has 14 atom stereocenters. The van der Waals surface area contributed by atoms with Crippen LogP contribution in [0, 0.1) is 17.8 Å². The molecule has 0 bridgehead atoms. The van der Waals surface area contributed by atoms with Crippen LogP contribution in [0.1, 0.15) is 149 Å². The van der Waals surface area contributed by atoms with Gasteiger partial charge in [-0.1, -0.05) is 75.7 Å². The van der Waals surface area contributed by atoms with Crippen LogP contribution < -0.4 is 0 Å². The van der Waals surface area contributed by atoms with Crippen LogP contribution in [0.3, 0.4) is 0 Å². The summed E-state index contributed by atoms with van der Waals surface area (Å²) >= 11 is 0. The Kier molecular flexibility index (Phi) is 44.6. The Balaban J connectivity index is -0.000000312. The smallest absolute Gasteiger partial charge is 0.185 e. The van der Waals surface area contributed by atoms with Gasteiger partial charge >= 0.3 is 0 Å². The lowest BCUT2D eigenvalue weighted by Crippen LogP contribution is -2.59. The standard InChI is InChI=1S/C25H48N2O7.C8H18O.C7H14O2.C2H4O.2C2H6.CH2O/c1-15(12-27(9)17(3)14-29)11-25(6,32)23(19(5)21(30)16(2)13-28)34-24-22(31)20(26(7)8)10-18(4)33-24;1-4-6-7-9-8(3)5-2;1-4-6(8-3)7(2)5-9-7;1-2-3;3*1-2/h13-24,30-32H,10-12H2,1-9H3;8H,4-7H2,1-3H3;6H,4-5H2,1-3H3;2H,1H3;2*1-2H3;1H2/t15-,16?,17?,18?,19+,20?,21-,22-,23-,24?,25-;;6-,7+;;;;/m1.1..../s1. The Labute approximate surface area is 374 Å². The van der Waals surface area contributed by atoms with E-state index < -0.39 is 42.0 Å². The summed E-state index contributed by atoms with van der Waals surface area (Å²) in [7, 11) is 7.35. The molecule has 0 spiro atoms. The lowest BCUT2D eigenvalue weighted by Gasteiger charge is -2.46. The van der Waals surface area contributed by atoms with Gasteiger partial charge in [0.1, 0.15) is 37.4 Å². The molecule has 3 N–H and O–H groups in total. The van der Waals surface area contributed by atoms with E-state index in [1.165, 1.54) is 19.8 Å². The summed E-state index contributed by atoms with van der Waals surface area (Å²) in [6.45, 7) is 35.2. The fourth-order valence-electron chi connectivity index (χ4n) is 6.72. The number of ether oxygens (including phenoxy) is 5. The normalized spacial score (nSPS) is 25.0. The van der Waals surface area contributed by atoms with Gasteiger partial charge in [0, 0.05) is 38.1 Å². The maximum atomic E-state index is 11.6. The van der Waals surface area contributed by atoms with Crippen molar-refractivity contribution in [3.63, 3.8) is 0 Å². The summed E-state index contributed by atoms with van der Waals surface area (Å²) in [6, 6.07) is -0.435. The number of hydrogen-bond acceptors (Lipinski definition) is 14. The zero-order valence-electron chi connectivity index (χ0n) is 42.6. The number of unbranched alkanes of at least 4 members (excludes halogenated alkanes) is 1. The van der Waals surface area contributed by atoms with Gasteiger partial charge in [-0.3, -0.25) is 4.90 Å². The minimum Gasteiger partial charge on any atom is -0.392 e. The number of carbonyl (C=O) groups is 4. The lowest BCUT2D eigenvalue weighted by molar-refractivity contribution is -0.299. The largest absolute Gasteiger partial charge is 0.392 e. The third-order valence-corrected chi connectivity index (χ3v) is 10.6. The number of carbonyl (C=O) groups excluding carboxylic acids is 4. The molecule has 0 amide bonds. The molecule has 14 nitrogen and oxygen atoms in total. The number of aldehydes is 3. The van der Waals surface area contributed by atoms with Crippen LogP contribution in [0.25, 0.3) is 0 Å². The van der Waals surface area contributed by atoms with Crippen LogP contribution >= 0.6 is 0 Å². The van der Waals surface area contributed by atoms with Crippen molar-refractivity contribution in [2.24, 2.45) is 17.8 Å². The lowest BCUT2D eigenvalue weighted by atomic mass is 9.78. The fraction of sp³-hybridized carbons (Fsp3) is 0.915. The summed E-state index contributed by atoms with van der Waals surface area (Å²) in [4.78, 5) is 43.1. The average molecular weight is 883 g/mol. The Morgan fingerprint density at radius 3 is 1.84 bits per heavy atom. The summed E-state index contributed by atoms with van der Waals surface area (Å²) in [6.07, 6.45) is 4.50. The van der Waals surface area contributed by atoms with Gasteiger partial charge in [-0.2, -0.15) is 0 Å². The Hall–Kier alpha value is -1.72. The van der Waals surface area contributed by atoms with E-state index in [0.717, 1.165) is 38.6 Å². The van der Waals surface area contributed by atoms with Crippen molar-refractivity contribution in [3.05, 3.63) is 0 Å². The summed E-state index contributed by atoms with van der Waals surface area (Å²) in [5, 5.41) is 33.4. The molecule has 0 aromatic carbocycles. The number of aliphatic hydroxyl groups excluding tert-OH is 2. The monoisotopic (exact) mass is 883 g/mol. The second-order valence-corrected chi connectivity index (χ2v) is 16.4. The van der Waals surface area contributed by atoms with Crippen LogP contribution in [0.2, 0.25) is 0 Å². The van der Waals surface area contributed by atoms with Crippen LogP contribution in [0.5, 0.6) is 0 Å². The van der Waals surface area contributed by atoms with E-state index in [1.807, 2.05) is 86.2 Å². The van der Waals surface area contributed by atoms with E-state index in [-0.39, 0.29) is 35.8 Å². The van der Waals surface area contributed by atoms with E-state index in [2.05, 4.69) is 34.6 Å². The highest BCUT2D eigenvalue weighted by atomic mass is 16.7. The molecule has 2 aliphatic heterocycles. The van der Waals surface area contributed by atoms with Crippen LogP contribution in [0.4, 0.5) is 0 Å². The highest BCUT2D eigenvalue weighted by Gasteiger charge is 2.47. The summed E-state index contributed by atoms with van der Waals surface area (Å²) in [5.41, 5.74) is -1.37. The van der Waals surface area contributed by atoms with Crippen molar-refractivity contribution < 1.29 is 58.2 Å². The van der Waals surface area contributed by atoms with E-state index in [9.17, 15) is 24.9 Å². The molecule has 2 fully saturated rings. The molecule has 61 heavy (non-hydrogen) atoms. The zero-order chi connectivity index (χ0) is 49.1. The van der Waals surface area contributed by atoms with Gasteiger partial charge in [-0.15, -0.1) is 0 Å². The van der Waals surface area contributed by atoms with E-state index in [4.69, 9.17) is 33.3 Å². The van der Waals surface area contributed by atoms with E-state index in [1.54, 1.807) is 27.9 Å². The predicted octanol–water partition coefficient (Wildman–Crippen LogP) is 6.80. The maximum Gasteiger partial charge on any atom is 0.185 e. The number of rotatable bonds is 22. The molecule has 0 saturated carbocycles. The molecule has 6 unspecified atom stereocenters. The van der Waals surface area contributed by atoms with Gasteiger partial charge in [0.2, 0.25) is 0 Å². The summed E-state index contributed by atoms with van der Waals surface area (Å²) < 4.78 is 28.1. The second-order valence-electron chi connectivity index (χ2n) is 16.4. The van der Waals surface area contributed by atoms with Crippen molar-refractivity contribution in [1.29, 1.82) is 0 Å². The van der Waals surface area contributed by atoms with Gasteiger partial charge in [-0.25, -0.2) is 0 Å². The SMILES string of the molecule is C=O.CC.CC.CC1CC(N(C)C)[C@@H](O)C(O[C@H]([C@@H](C)[C@H](O)C(C)C=O)[C@](C)(O)C[C@@H](C)CN(C)C(C)C=O)O1.CC=O.CCCCOC(C)CC.CC[C@@H](OC)[C@]1(C)CO1. The maximum absolute atomic E-state index is 11.6. The van der Waals surface area contributed by atoms with Gasteiger partial charge in [0.25, 0.3) is 0 Å². The number of hydrogen-bond donors (Lipinski definition) is 3. The Morgan fingerprint density at radius 1 is 0.967 bits per heavy atom. The van der Waals surface area contributed by atoms with Crippen molar-refractivity contribution in [1.82, 2.24) is 9.80 Å². The predicted molar refractivity (Wildman–Crippen MR) is 248 cm³/mol. The number of likely N-dealkylation sites (N-methyl/N-ethyl adjacent to an activating group) is 2. The molecule has 0 aromatic rings. The topological polar surface area (TPSA) is 185 Å². The molecule has 0 radical (unpaired) electrons. The number of aliphatic hydroxyl groups is 3. The molecule has 2 saturated heterocycles. The van der Waals surface area contributed by atoms with Crippen LogP contribution in [-0.4, -0.2) is 165 Å². The van der Waals surface area contributed by atoms with Crippen molar-refractivity contribution >= 4 is 25.6 Å². The third-order valence-electron chi connectivity index (χ3n) is 10.6. The summed E-state index contributed by atoms with van der Waals surface area (Å²) in [5.74, 6) is -1.29. The first-order valence-electron chi connectivity index (χ1n) is 22.7. The second kappa shape index (κ2) is 39.8. The van der Waals surface area contributed by atoms with E-state index >= 15 is 0 Å². The molecular formula is C47H98N2O12. The number of epoxide rings is 1. The number of nitrogens with zero attached hydrogens (tertiary/aromatic N) is 2. The molecule has 2 aliphatic rings. The molecule has 2 rings (SSSR count). The van der Waals surface area contributed by atoms with Gasteiger partial charge < -0.3 is 63.1 Å². The average Bonchev–Trinajstić information content (AvgIpc) is 3.99. The fourth-order valence-corrected chi connectivity index (χ4v) is 6.72. The molecular weight excluding hydrogens is 785 g/mol. The van der Waals surface area contributed by atoms with Gasteiger partial charge in [0.15, 0.2) is 6.29 Å². The quantitative estimate of drug-likeness (QED) is 0.0586. The van der Waals surface area contributed by atoms with Crippen LogP contribution in [-0.2, 0) is 42.9 Å². The minimum atomic E-state index is -1.41. The first kappa shape index (κ1) is 68.3. The molecule has 368 valence electrons. The van der Waals surface area contributed by atoms with Crippen LogP contribution in [0.15, 0.2) is 0 Å².